The summed E-state index contributed by atoms with van der Waals surface area (Å²) in [5.74, 6) is 0.134. The lowest BCUT2D eigenvalue weighted by Gasteiger charge is -2.31. The third-order valence-corrected chi connectivity index (χ3v) is 6.71. The van der Waals surface area contributed by atoms with E-state index in [0.717, 1.165) is 5.56 Å². The number of nitrogens with one attached hydrogen (secondary N) is 1. The molecule has 0 bridgehead atoms. The molecule has 2 aromatic carbocycles. The Labute approximate surface area is 166 Å². The largest absolute Gasteiger partial charge is 0.494 e. The molecule has 150 valence electrons. The number of sulfonamides is 1. The maximum absolute atomic E-state index is 12.9. The highest BCUT2D eigenvalue weighted by molar-refractivity contribution is 7.89. The van der Waals surface area contributed by atoms with Crippen LogP contribution >= 0.6 is 0 Å². The molecule has 1 amide bonds. The number of anilines is 1. The summed E-state index contributed by atoms with van der Waals surface area (Å²) < 4.78 is 32.7. The molecular weight excluding hydrogens is 376 g/mol. The van der Waals surface area contributed by atoms with Gasteiger partial charge in [0.1, 0.15) is 5.75 Å². The molecular formula is C21H26N2O4S. The summed E-state index contributed by atoms with van der Waals surface area (Å²) in [5.41, 5.74) is 1.65. The van der Waals surface area contributed by atoms with Crippen molar-refractivity contribution in [3.63, 3.8) is 0 Å². The summed E-state index contributed by atoms with van der Waals surface area (Å²) in [5, 5.41) is 2.89. The molecule has 7 heteroatoms. The number of nitrogens with zero attached hydrogens (tertiary/aromatic N) is 1. The molecule has 0 radical (unpaired) electrons. The molecule has 0 spiro atoms. The van der Waals surface area contributed by atoms with Gasteiger partial charge in [-0.2, -0.15) is 4.31 Å². The number of hydrogen-bond acceptors (Lipinski definition) is 4. The predicted octanol–water partition coefficient (Wildman–Crippen LogP) is 3.43. The smallest absolute Gasteiger partial charge is 0.243 e. The van der Waals surface area contributed by atoms with E-state index < -0.39 is 10.0 Å². The first-order chi connectivity index (χ1) is 13.4. The van der Waals surface area contributed by atoms with Gasteiger partial charge in [-0.3, -0.25) is 4.79 Å². The van der Waals surface area contributed by atoms with Crippen molar-refractivity contribution in [2.45, 2.75) is 31.6 Å². The molecule has 1 aliphatic rings. The number of rotatable bonds is 6. The van der Waals surface area contributed by atoms with Gasteiger partial charge in [0.2, 0.25) is 15.9 Å². The molecule has 6 nitrogen and oxygen atoms in total. The summed E-state index contributed by atoms with van der Waals surface area (Å²) >= 11 is 0. The number of carbonyl (C=O) groups is 1. The fourth-order valence-corrected chi connectivity index (χ4v) is 4.83. The third kappa shape index (κ3) is 4.72. The highest BCUT2D eigenvalue weighted by Gasteiger charge is 2.33. The van der Waals surface area contributed by atoms with Gasteiger partial charge in [-0.05, 0) is 51.0 Å². The fraction of sp³-hybridized carbons (Fsp3) is 0.381. The minimum Gasteiger partial charge on any atom is -0.494 e. The lowest BCUT2D eigenvalue weighted by atomic mass is 9.98. The van der Waals surface area contributed by atoms with Crippen LogP contribution in [0.5, 0.6) is 5.75 Å². The topological polar surface area (TPSA) is 75.7 Å². The maximum atomic E-state index is 12.9. The molecule has 1 heterocycles. The van der Waals surface area contributed by atoms with Crippen molar-refractivity contribution in [3.05, 3.63) is 54.1 Å². The van der Waals surface area contributed by atoms with Crippen LogP contribution in [0.25, 0.3) is 0 Å². The second kappa shape index (κ2) is 8.75. The zero-order chi connectivity index (χ0) is 20.1. The Morgan fingerprint density at radius 2 is 1.96 bits per heavy atom. The first kappa shape index (κ1) is 20.4. The molecule has 0 saturated carbocycles. The van der Waals surface area contributed by atoms with Crippen LogP contribution in [0.2, 0.25) is 0 Å². The van der Waals surface area contributed by atoms with Gasteiger partial charge in [0, 0.05) is 24.8 Å². The molecule has 1 saturated heterocycles. The van der Waals surface area contributed by atoms with Crippen LogP contribution in [-0.4, -0.2) is 38.3 Å². The van der Waals surface area contributed by atoms with E-state index in [4.69, 9.17) is 4.74 Å². The number of carbonyl (C=O) groups excluding carboxylic acids is 1. The number of hydrogen-bond donors (Lipinski definition) is 1. The number of piperidine rings is 1. The monoisotopic (exact) mass is 402 g/mol. The quantitative estimate of drug-likeness (QED) is 0.803. The van der Waals surface area contributed by atoms with Crippen LogP contribution < -0.4 is 10.1 Å². The van der Waals surface area contributed by atoms with Crippen LogP contribution in [0.4, 0.5) is 5.69 Å². The lowest BCUT2D eigenvalue weighted by Crippen LogP contribution is -2.43. The molecule has 28 heavy (non-hydrogen) atoms. The van der Waals surface area contributed by atoms with Gasteiger partial charge in [-0.1, -0.05) is 23.8 Å². The fourth-order valence-electron chi connectivity index (χ4n) is 3.31. The van der Waals surface area contributed by atoms with Gasteiger partial charge in [-0.25, -0.2) is 8.42 Å². The minimum atomic E-state index is -3.60. The van der Waals surface area contributed by atoms with E-state index >= 15 is 0 Å². The number of ether oxygens (including phenoxy) is 1. The Hall–Kier alpha value is -2.38. The normalized spacial score (nSPS) is 17.9. The second-order valence-electron chi connectivity index (χ2n) is 6.97. The van der Waals surface area contributed by atoms with E-state index in [1.165, 1.54) is 4.31 Å². The Morgan fingerprint density at radius 3 is 2.68 bits per heavy atom. The van der Waals surface area contributed by atoms with E-state index in [2.05, 4.69) is 5.32 Å². The Balaban J connectivity index is 1.69. The highest BCUT2D eigenvalue weighted by atomic mass is 32.2. The average Bonchev–Trinajstić information content (AvgIpc) is 2.69. The Morgan fingerprint density at radius 1 is 1.21 bits per heavy atom. The average molecular weight is 403 g/mol. The van der Waals surface area contributed by atoms with Crippen molar-refractivity contribution in [1.29, 1.82) is 0 Å². The number of amides is 1. The molecule has 0 unspecified atom stereocenters. The van der Waals surface area contributed by atoms with Gasteiger partial charge in [0.25, 0.3) is 0 Å². The SMILES string of the molecule is CCOc1cccc(NC(=O)[C@H]2CCCN(S(=O)(=O)c3ccc(C)cc3)C2)c1. The van der Waals surface area contributed by atoms with Crippen molar-refractivity contribution in [1.82, 2.24) is 4.31 Å². The zero-order valence-corrected chi connectivity index (χ0v) is 17.0. The lowest BCUT2D eigenvalue weighted by molar-refractivity contribution is -0.120. The minimum absolute atomic E-state index is 0.169. The van der Waals surface area contributed by atoms with Crippen molar-refractivity contribution < 1.29 is 17.9 Å². The van der Waals surface area contributed by atoms with Crippen LogP contribution in [0.1, 0.15) is 25.3 Å². The molecule has 1 fully saturated rings. The van der Waals surface area contributed by atoms with Crippen LogP contribution in [0, 0.1) is 12.8 Å². The molecule has 1 aliphatic heterocycles. The standard InChI is InChI=1S/C21H26N2O4S/c1-3-27-19-8-4-7-18(14-19)22-21(24)17-6-5-13-23(15-17)28(25,26)20-11-9-16(2)10-12-20/h4,7-12,14,17H,3,5-6,13,15H2,1-2H3,(H,22,24)/t17-/m0/s1. The first-order valence-electron chi connectivity index (χ1n) is 9.50. The van der Waals surface area contributed by atoms with Gasteiger partial charge in [0.15, 0.2) is 0 Å². The van der Waals surface area contributed by atoms with Gasteiger partial charge < -0.3 is 10.1 Å². The van der Waals surface area contributed by atoms with Crippen molar-refractivity contribution in [3.8, 4) is 5.75 Å². The number of benzene rings is 2. The summed E-state index contributed by atoms with van der Waals surface area (Å²) in [6, 6.07) is 14.0. The molecule has 1 atom stereocenters. The van der Waals surface area contributed by atoms with E-state index in [9.17, 15) is 13.2 Å². The highest BCUT2D eigenvalue weighted by Crippen LogP contribution is 2.25. The van der Waals surface area contributed by atoms with Crippen LogP contribution in [-0.2, 0) is 14.8 Å². The van der Waals surface area contributed by atoms with E-state index in [1.807, 2.05) is 26.0 Å². The molecule has 2 aromatic rings. The molecule has 3 rings (SSSR count). The molecule has 1 N–H and O–H groups in total. The van der Waals surface area contributed by atoms with E-state index in [0.29, 0.717) is 37.4 Å². The van der Waals surface area contributed by atoms with Gasteiger partial charge in [-0.15, -0.1) is 0 Å². The zero-order valence-electron chi connectivity index (χ0n) is 16.2. The molecule has 0 aliphatic carbocycles. The second-order valence-corrected chi connectivity index (χ2v) is 8.90. The van der Waals surface area contributed by atoms with Gasteiger partial charge in [0.05, 0.1) is 17.4 Å². The predicted molar refractivity (Wildman–Crippen MR) is 109 cm³/mol. The van der Waals surface area contributed by atoms with Crippen LogP contribution in [0.15, 0.2) is 53.4 Å². The van der Waals surface area contributed by atoms with Crippen molar-refractivity contribution in [2.24, 2.45) is 5.92 Å². The maximum Gasteiger partial charge on any atom is 0.243 e. The summed E-state index contributed by atoms with van der Waals surface area (Å²) in [7, 11) is -3.60. The van der Waals surface area contributed by atoms with Crippen molar-refractivity contribution >= 4 is 21.6 Å². The summed E-state index contributed by atoms with van der Waals surface area (Å²) in [6.45, 7) is 4.98. The number of aryl methyl sites for hydroxylation is 1. The van der Waals surface area contributed by atoms with E-state index in [1.54, 1.807) is 36.4 Å². The van der Waals surface area contributed by atoms with Crippen molar-refractivity contribution in [2.75, 3.05) is 25.0 Å². The van der Waals surface area contributed by atoms with Crippen LogP contribution in [0.3, 0.4) is 0 Å². The van der Waals surface area contributed by atoms with Gasteiger partial charge >= 0.3 is 0 Å². The first-order valence-corrected chi connectivity index (χ1v) is 10.9. The Bertz CT molecular complexity index is 926. The molecule has 0 aromatic heterocycles. The summed E-state index contributed by atoms with van der Waals surface area (Å²) in [4.78, 5) is 13.0. The Kier molecular flexibility index (Phi) is 6.36. The third-order valence-electron chi connectivity index (χ3n) is 4.83. The summed E-state index contributed by atoms with van der Waals surface area (Å²) in [6.07, 6.45) is 1.32. The van der Waals surface area contributed by atoms with E-state index in [-0.39, 0.29) is 23.3 Å².